The number of aliphatic carboxylic acids is 1. The van der Waals surface area contributed by atoms with Crippen molar-refractivity contribution >= 4 is 52.7 Å². The second kappa shape index (κ2) is 13.1. The molecule has 0 bridgehead atoms. The largest absolute Gasteiger partial charge is 0.481 e. The first-order valence-corrected chi connectivity index (χ1v) is 13.5. The van der Waals surface area contributed by atoms with E-state index in [0.717, 1.165) is 5.56 Å². The molecule has 2 aliphatic heterocycles. The molecule has 10 nitrogen and oxygen atoms in total. The van der Waals surface area contributed by atoms with Crippen LogP contribution in [-0.4, -0.2) is 76.5 Å². The molecule has 2 fully saturated rings. The van der Waals surface area contributed by atoms with Crippen molar-refractivity contribution in [1.29, 1.82) is 0 Å². The van der Waals surface area contributed by atoms with Gasteiger partial charge in [0.25, 0.3) is 0 Å². The van der Waals surface area contributed by atoms with Crippen molar-refractivity contribution in [3.8, 4) is 0 Å². The highest BCUT2D eigenvalue weighted by atomic mass is 35.5. The quantitative estimate of drug-likeness (QED) is 0.417. The van der Waals surface area contributed by atoms with Crippen molar-refractivity contribution in [2.75, 3.05) is 25.0 Å². The third-order valence-corrected chi connectivity index (χ3v) is 7.52. The molecule has 3 N–H and O–H groups in total. The van der Waals surface area contributed by atoms with E-state index in [1.165, 1.54) is 15.9 Å². The SMILES string of the molecule is O=C(O)CCNC(=O)[C@@H]1CCCN1C(=O)[C@H]1C[C@@H](OCc2ccccc2)CN1C(=O)Nc1ccc(Cl)c(Cl)c1. The highest BCUT2D eigenvalue weighted by Crippen LogP contribution is 2.29. The molecular weight excluding hydrogens is 547 g/mol. The van der Waals surface area contributed by atoms with Crippen molar-refractivity contribution in [2.45, 2.75) is 50.5 Å². The van der Waals surface area contributed by atoms with Crippen LogP contribution in [0.4, 0.5) is 10.5 Å². The van der Waals surface area contributed by atoms with E-state index < -0.39 is 36.1 Å². The zero-order valence-corrected chi connectivity index (χ0v) is 22.7. The maximum absolute atomic E-state index is 13.8. The molecule has 2 aromatic carbocycles. The molecule has 0 saturated carbocycles. The lowest BCUT2D eigenvalue weighted by molar-refractivity contribution is -0.141. The summed E-state index contributed by atoms with van der Waals surface area (Å²) in [6, 6.07) is 12.2. The number of nitrogens with zero attached hydrogens (tertiary/aromatic N) is 2. The number of carboxylic acid groups (broad SMARTS) is 1. The molecule has 0 unspecified atom stereocenters. The predicted molar refractivity (Wildman–Crippen MR) is 146 cm³/mol. The minimum atomic E-state index is -1.02. The average Bonchev–Trinajstić information content (AvgIpc) is 3.58. The van der Waals surface area contributed by atoms with E-state index in [2.05, 4.69) is 10.6 Å². The van der Waals surface area contributed by atoms with Crippen LogP contribution >= 0.6 is 23.2 Å². The van der Waals surface area contributed by atoms with Gasteiger partial charge < -0.3 is 30.3 Å². The molecule has 2 aromatic rings. The van der Waals surface area contributed by atoms with Gasteiger partial charge in [-0.25, -0.2) is 4.79 Å². The van der Waals surface area contributed by atoms with Crippen LogP contribution in [0.15, 0.2) is 48.5 Å². The van der Waals surface area contributed by atoms with Gasteiger partial charge in [0.05, 0.1) is 29.2 Å². The van der Waals surface area contributed by atoms with E-state index in [4.69, 9.17) is 33.0 Å². The summed E-state index contributed by atoms with van der Waals surface area (Å²) in [6.07, 6.45) is 0.742. The van der Waals surface area contributed by atoms with Gasteiger partial charge in [-0.3, -0.25) is 14.4 Å². The first-order chi connectivity index (χ1) is 18.7. The van der Waals surface area contributed by atoms with Gasteiger partial charge in [0.2, 0.25) is 11.8 Å². The zero-order chi connectivity index (χ0) is 27.9. The number of hydrogen-bond donors (Lipinski definition) is 3. The molecule has 0 aromatic heterocycles. The molecule has 12 heteroatoms. The van der Waals surface area contributed by atoms with Crippen LogP contribution in [0.5, 0.6) is 0 Å². The molecule has 0 aliphatic carbocycles. The Morgan fingerprint density at radius 3 is 2.49 bits per heavy atom. The van der Waals surface area contributed by atoms with E-state index in [9.17, 15) is 19.2 Å². The predicted octanol–water partition coefficient (Wildman–Crippen LogP) is 3.77. The van der Waals surface area contributed by atoms with Crippen molar-refractivity contribution < 1.29 is 29.0 Å². The summed E-state index contributed by atoms with van der Waals surface area (Å²) >= 11 is 12.1. The number of nitrogens with one attached hydrogen (secondary N) is 2. The lowest BCUT2D eigenvalue weighted by atomic mass is 10.1. The Kier molecular flexibility index (Phi) is 9.66. The van der Waals surface area contributed by atoms with E-state index in [-0.39, 0.29) is 36.9 Å². The van der Waals surface area contributed by atoms with Crippen LogP contribution < -0.4 is 10.6 Å². The number of ether oxygens (including phenoxy) is 1. The Hall–Kier alpha value is -3.34. The number of rotatable bonds is 9. The number of carbonyl (C=O) groups excluding carboxylic acids is 3. The molecule has 0 radical (unpaired) electrons. The fourth-order valence-electron chi connectivity index (χ4n) is 4.84. The fourth-order valence-corrected chi connectivity index (χ4v) is 5.14. The molecule has 208 valence electrons. The third-order valence-electron chi connectivity index (χ3n) is 6.78. The topological polar surface area (TPSA) is 128 Å². The monoisotopic (exact) mass is 576 g/mol. The summed E-state index contributed by atoms with van der Waals surface area (Å²) in [5, 5.41) is 14.9. The van der Waals surface area contributed by atoms with E-state index in [1.54, 1.807) is 12.1 Å². The molecule has 39 heavy (non-hydrogen) atoms. The Balaban J connectivity index is 1.48. The average molecular weight is 577 g/mol. The van der Waals surface area contributed by atoms with Crippen LogP contribution in [0.3, 0.4) is 0 Å². The Labute approximate surface area is 236 Å². The van der Waals surface area contributed by atoms with Crippen LogP contribution in [0.1, 0.15) is 31.2 Å². The van der Waals surface area contributed by atoms with Gasteiger partial charge in [-0.2, -0.15) is 0 Å². The van der Waals surface area contributed by atoms with Crippen molar-refractivity contribution in [3.63, 3.8) is 0 Å². The Morgan fingerprint density at radius 2 is 1.77 bits per heavy atom. The molecule has 0 spiro atoms. The van der Waals surface area contributed by atoms with Gasteiger partial charge in [0, 0.05) is 31.7 Å². The van der Waals surface area contributed by atoms with E-state index >= 15 is 0 Å². The molecular formula is C27H30Cl2N4O6. The first kappa shape index (κ1) is 28.7. The fraction of sp³-hybridized carbons (Fsp3) is 0.407. The van der Waals surface area contributed by atoms with Gasteiger partial charge >= 0.3 is 12.0 Å². The molecule has 4 amide bonds. The number of benzene rings is 2. The van der Waals surface area contributed by atoms with Crippen molar-refractivity contribution in [3.05, 3.63) is 64.1 Å². The van der Waals surface area contributed by atoms with Gasteiger partial charge in [-0.15, -0.1) is 0 Å². The normalized spacial score (nSPS) is 20.6. The molecule has 4 rings (SSSR count). The second-order valence-electron chi connectivity index (χ2n) is 9.51. The number of carboxylic acids is 1. The number of likely N-dealkylation sites (tertiary alicyclic amines) is 2. The molecule has 2 aliphatic rings. The van der Waals surface area contributed by atoms with E-state index in [0.29, 0.717) is 36.7 Å². The Bertz CT molecular complexity index is 1210. The summed E-state index contributed by atoms with van der Waals surface area (Å²) in [7, 11) is 0. The minimum absolute atomic E-state index is 0.0241. The van der Waals surface area contributed by atoms with Gasteiger partial charge in [0.1, 0.15) is 12.1 Å². The number of anilines is 1. The number of urea groups is 1. The standard InChI is InChI=1S/C27H30Cl2N4O6/c28-20-9-8-18(13-21(20)29)31-27(38)33-15-19(39-16-17-5-2-1-3-6-17)14-23(33)26(37)32-12-4-7-22(32)25(36)30-11-10-24(34)35/h1-3,5-6,8-9,13,19,22-23H,4,7,10-12,14-16H2,(H,30,36)(H,31,38)(H,34,35)/t19-,22+,23-/m1/s1. The van der Waals surface area contributed by atoms with Crippen LogP contribution in [0.2, 0.25) is 10.0 Å². The smallest absolute Gasteiger partial charge is 0.322 e. The lowest BCUT2D eigenvalue weighted by Gasteiger charge is -2.30. The van der Waals surface area contributed by atoms with E-state index in [1.807, 2.05) is 30.3 Å². The Morgan fingerprint density at radius 1 is 1.00 bits per heavy atom. The first-order valence-electron chi connectivity index (χ1n) is 12.7. The number of amides is 4. The highest BCUT2D eigenvalue weighted by Gasteiger charge is 2.45. The summed E-state index contributed by atoms with van der Waals surface area (Å²) < 4.78 is 6.08. The minimum Gasteiger partial charge on any atom is -0.481 e. The van der Waals surface area contributed by atoms with Gasteiger partial charge in [-0.05, 0) is 36.6 Å². The summed E-state index contributed by atoms with van der Waals surface area (Å²) in [5.41, 5.74) is 1.39. The molecule has 2 heterocycles. The zero-order valence-electron chi connectivity index (χ0n) is 21.1. The van der Waals surface area contributed by atoms with Crippen LogP contribution in [-0.2, 0) is 25.7 Å². The third kappa shape index (κ3) is 7.40. The maximum Gasteiger partial charge on any atom is 0.322 e. The summed E-state index contributed by atoms with van der Waals surface area (Å²) in [4.78, 5) is 53.6. The molecule has 3 atom stereocenters. The number of halogens is 2. The number of hydrogen-bond acceptors (Lipinski definition) is 5. The van der Waals surface area contributed by atoms with Gasteiger partial charge in [0.15, 0.2) is 0 Å². The summed E-state index contributed by atoms with van der Waals surface area (Å²) in [6.45, 7) is 0.848. The van der Waals surface area contributed by atoms with Crippen molar-refractivity contribution in [2.24, 2.45) is 0 Å². The van der Waals surface area contributed by atoms with Crippen LogP contribution in [0.25, 0.3) is 0 Å². The second-order valence-corrected chi connectivity index (χ2v) is 10.3. The highest BCUT2D eigenvalue weighted by molar-refractivity contribution is 6.42. The molecule has 2 saturated heterocycles. The summed E-state index contributed by atoms with van der Waals surface area (Å²) in [5.74, 6) is -1.77. The van der Waals surface area contributed by atoms with Crippen LogP contribution in [0, 0.1) is 0 Å². The lowest BCUT2D eigenvalue weighted by Crippen LogP contribution is -2.53. The van der Waals surface area contributed by atoms with Crippen molar-refractivity contribution in [1.82, 2.24) is 15.1 Å². The maximum atomic E-state index is 13.8. The number of carbonyl (C=O) groups is 4. The van der Waals surface area contributed by atoms with Gasteiger partial charge in [-0.1, -0.05) is 53.5 Å².